The second kappa shape index (κ2) is 8.31. The van der Waals surface area contributed by atoms with Crippen molar-refractivity contribution in [3.05, 3.63) is 93.9 Å². The summed E-state index contributed by atoms with van der Waals surface area (Å²) in [5.41, 5.74) is 6.25. The first-order chi connectivity index (χ1) is 16.5. The summed E-state index contributed by atoms with van der Waals surface area (Å²) < 4.78 is 1.90. The van der Waals surface area contributed by atoms with Gasteiger partial charge in [0.05, 0.1) is 21.1 Å². The molecule has 0 spiro atoms. The third-order valence-corrected chi connectivity index (χ3v) is 6.55. The van der Waals surface area contributed by atoms with Crippen molar-refractivity contribution >= 4 is 61.9 Å². The predicted octanol–water partition coefficient (Wildman–Crippen LogP) is 6.51. The number of hydrogen-bond acceptors (Lipinski definition) is 4. The molecule has 6 aromatic rings. The normalized spacial score (nSPS) is 11.6. The monoisotopic (exact) mass is 486 g/mol. The van der Waals surface area contributed by atoms with Crippen LogP contribution in [0.4, 0.5) is 5.82 Å². The summed E-state index contributed by atoms with van der Waals surface area (Å²) >= 11 is 12.4. The van der Waals surface area contributed by atoms with Crippen LogP contribution in [0.1, 0.15) is 16.7 Å². The van der Waals surface area contributed by atoms with Crippen LogP contribution in [0.5, 0.6) is 0 Å². The van der Waals surface area contributed by atoms with Crippen LogP contribution in [0.15, 0.2) is 67.1 Å². The maximum Gasteiger partial charge on any atom is 0.156 e. The summed E-state index contributed by atoms with van der Waals surface area (Å²) in [4.78, 5) is 11.9. The predicted molar refractivity (Wildman–Crippen MR) is 139 cm³/mol. The highest BCUT2D eigenvalue weighted by atomic mass is 35.5. The number of nitrogens with zero attached hydrogens (tertiary/aromatic N) is 4. The van der Waals surface area contributed by atoms with E-state index in [1.807, 2.05) is 36.1 Å². The van der Waals surface area contributed by atoms with Crippen molar-refractivity contribution in [2.24, 2.45) is 7.05 Å². The molecule has 8 heteroatoms. The van der Waals surface area contributed by atoms with E-state index in [4.69, 9.17) is 28.3 Å². The number of aryl methyl sites for hydroxylation is 1. The zero-order chi connectivity index (χ0) is 23.2. The molecule has 6 rings (SSSR count). The molecule has 2 N–H and O–H groups in total. The molecular weight excluding hydrogens is 467 g/mol. The van der Waals surface area contributed by atoms with E-state index >= 15 is 0 Å². The van der Waals surface area contributed by atoms with Crippen LogP contribution < -0.4 is 5.32 Å². The minimum absolute atomic E-state index is 0.596. The second-order valence-corrected chi connectivity index (χ2v) is 9.25. The molecule has 0 bridgehead atoms. The number of fused-ring (bicyclic) bond motifs is 3. The second-order valence-electron chi connectivity index (χ2n) is 8.41. The fourth-order valence-electron chi connectivity index (χ4n) is 4.35. The number of aromatic amines is 1. The highest BCUT2D eigenvalue weighted by molar-refractivity contribution is 6.35. The molecule has 0 atom stereocenters. The molecule has 6 nitrogen and oxygen atoms in total. The third kappa shape index (κ3) is 3.85. The number of halogens is 2. The summed E-state index contributed by atoms with van der Waals surface area (Å²) in [7, 11) is 1.96. The van der Waals surface area contributed by atoms with Gasteiger partial charge in [0.1, 0.15) is 5.65 Å². The summed E-state index contributed by atoms with van der Waals surface area (Å²) in [5, 5.41) is 12.5. The Morgan fingerprint density at radius 1 is 0.912 bits per heavy atom. The van der Waals surface area contributed by atoms with Crippen LogP contribution in [0, 0.1) is 0 Å². The molecule has 4 aromatic heterocycles. The summed E-state index contributed by atoms with van der Waals surface area (Å²) in [6, 6.07) is 16.8. The number of hydrogen-bond donors (Lipinski definition) is 2. The van der Waals surface area contributed by atoms with Gasteiger partial charge in [0, 0.05) is 48.3 Å². The Bertz CT molecular complexity index is 1680. The van der Waals surface area contributed by atoms with Gasteiger partial charge in [0.25, 0.3) is 0 Å². The van der Waals surface area contributed by atoms with E-state index in [0.29, 0.717) is 16.6 Å². The van der Waals surface area contributed by atoms with Crippen molar-refractivity contribution in [1.29, 1.82) is 0 Å². The lowest BCUT2D eigenvalue weighted by atomic mass is 10.0. The van der Waals surface area contributed by atoms with Crippen LogP contribution in [-0.2, 0) is 20.0 Å². The van der Waals surface area contributed by atoms with Gasteiger partial charge in [0.2, 0.25) is 0 Å². The number of benzene rings is 2. The van der Waals surface area contributed by atoms with Gasteiger partial charge in [-0.05, 0) is 59.5 Å². The molecular formula is C26H20Cl2N6. The Kier molecular flexibility index (Phi) is 5.12. The largest absolute Gasteiger partial charge is 0.364 e. The van der Waals surface area contributed by atoms with Gasteiger partial charge in [-0.25, -0.2) is 4.98 Å². The lowest BCUT2D eigenvalue weighted by molar-refractivity contribution is 0.797. The van der Waals surface area contributed by atoms with Crippen molar-refractivity contribution in [1.82, 2.24) is 24.7 Å². The van der Waals surface area contributed by atoms with Gasteiger partial charge >= 0.3 is 0 Å². The van der Waals surface area contributed by atoms with Crippen LogP contribution in [-0.4, -0.2) is 24.7 Å². The fourth-order valence-corrected chi connectivity index (χ4v) is 4.72. The van der Waals surface area contributed by atoms with Crippen molar-refractivity contribution in [2.45, 2.75) is 13.0 Å². The SMILES string of the molecule is Cn1nc(NCc2cnc3[nH]cc(Cl)c3c2)c2cc(Cc3ccc4ncc(Cl)cc4c3)ccc21. The average Bonchev–Trinajstić information content (AvgIpc) is 3.36. The molecule has 4 heterocycles. The van der Waals surface area contributed by atoms with Gasteiger partial charge in [-0.3, -0.25) is 9.67 Å². The molecule has 34 heavy (non-hydrogen) atoms. The van der Waals surface area contributed by atoms with E-state index in [9.17, 15) is 0 Å². The van der Waals surface area contributed by atoms with Crippen LogP contribution in [0.25, 0.3) is 32.8 Å². The Labute approximate surface area is 205 Å². The lowest BCUT2D eigenvalue weighted by Gasteiger charge is -2.07. The van der Waals surface area contributed by atoms with E-state index in [1.54, 1.807) is 12.4 Å². The first-order valence-electron chi connectivity index (χ1n) is 10.9. The number of anilines is 1. The minimum Gasteiger partial charge on any atom is -0.364 e. The van der Waals surface area contributed by atoms with Crippen LogP contribution >= 0.6 is 23.2 Å². The number of rotatable bonds is 5. The van der Waals surface area contributed by atoms with Crippen LogP contribution in [0.3, 0.4) is 0 Å². The molecule has 0 saturated heterocycles. The highest BCUT2D eigenvalue weighted by Crippen LogP contribution is 2.27. The van der Waals surface area contributed by atoms with E-state index in [0.717, 1.165) is 50.6 Å². The standard InChI is InChI=1S/C26H20Cl2N6/c1-34-24-5-3-16(6-15-2-4-23-18(7-15)10-19(27)13-29-23)8-21(24)26(33-34)31-12-17-9-20-22(28)14-32-25(20)30-11-17/h2-5,7-11,13-14H,6,12H2,1H3,(H,30,32)(H,31,33). The maximum absolute atomic E-state index is 6.25. The van der Waals surface area contributed by atoms with Crippen LogP contribution in [0.2, 0.25) is 10.0 Å². The molecule has 2 aromatic carbocycles. The summed E-state index contributed by atoms with van der Waals surface area (Å²) in [6.45, 7) is 0.596. The maximum atomic E-state index is 6.25. The van der Waals surface area contributed by atoms with E-state index < -0.39 is 0 Å². The number of aromatic nitrogens is 5. The first kappa shape index (κ1) is 21.0. The molecule has 168 valence electrons. The van der Waals surface area contributed by atoms with E-state index in [2.05, 4.69) is 50.6 Å². The molecule has 0 aliphatic heterocycles. The fraction of sp³-hybridized carbons (Fsp3) is 0.115. The van der Waals surface area contributed by atoms with Gasteiger partial charge < -0.3 is 10.3 Å². The van der Waals surface area contributed by atoms with Crippen molar-refractivity contribution < 1.29 is 0 Å². The molecule has 0 aliphatic carbocycles. The Balaban J connectivity index is 1.28. The zero-order valence-electron chi connectivity index (χ0n) is 18.3. The quantitative estimate of drug-likeness (QED) is 0.291. The summed E-state index contributed by atoms with van der Waals surface area (Å²) in [6.07, 6.45) is 6.08. The highest BCUT2D eigenvalue weighted by Gasteiger charge is 2.11. The Morgan fingerprint density at radius 3 is 2.65 bits per heavy atom. The molecule has 0 aliphatic rings. The Hall–Kier alpha value is -3.61. The molecule has 0 saturated carbocycles. The molecule has 0 unspecified atom stereocenters. The first-order valence-corrected chi connectivity index (χ1v) is 11.6. The number of nitrogens with one attached hydrogen (secondary N) is 2. The Morgan fingerprint density at radius 2 is 1.74 bits per heavy atom. The third-order valence-electron chi connectivity index (χ3n) is 6.03. The van der Waals surface area contributed by atoms with Gasteiger partial charge in [-0.1, -0.05) is 35.3 Å². The molecule has 0 radical (unpaired) electrons. The smallest absolute Gasteiger partial charge is 0.156 e. The lowest BCUT2D eigenvalue weighted by Crippen LogP contribution is -2.01. The van der Waals surface area contributed by atoms with Crippen molar-refractivity contribution in [3.63, 3.8) is 0 Å². The molecule has 0 amide bonds. The van der Waals surface area contributed by atoms with Gasteiger partial charge in [0.15, 0.2) is 5.82 Å². The van der Waals surface area contributed by atoms with Gasteiger partial charge in [-0.2, -0.15) is 5.10 Å². The van der Waals surface area contributed by atoms with Crippen molar-refractivity contribution in [3.8, 4) is 0 Å². The van der Waals surface area contributed by atoms with E-state index in [1.165, 1.54) is 11.1 Å². The summed E-state index contributed by atoms with van der Waals surface area (Å²) in [5.74, 6) is 0.842. The number of H-pyrrole nitrogens is 1. The van der Waals surface area contributed by atoms with Gasteiger partial charge in [-0.15, -0.1) is 0 Å². The van der Waals surface area contributed by atoms with Crippen molar-refractivity contribution in [2.75, 3.05) is 5.32 Å². The average molecular weight is 487 g/mol. The topological polar surface area (TPSA) is 71.4 Å². The minimum atomic E-state index is 0.596. The zero-order valence-corrected chi connectivity index (χ0v) is 19.8. The molecule has 0 fully saturated rings. The van der Waals surface area contributed by atoms with E-state index in [-0.39, 0.29) is 0 Å². The number of pyridine rings is 2.